The number of carbonyl (C=O) groups excluding carboxylic acids is 2. The smallest absolute Gasteiger partial charge is 0.303 e. The Balaban J connectivity index is 3.87. The van der Waals surface area contributed by atoms with E-state index in [0.717, 1.165) is 0 Å². The largest absolute Gasteiger partial charge is 0.481 e. The van der Waals surface area contributed by atoms with E-state index in [0.29, 0.717) is 0 Å². The van der Waals surface area contributed by atoms with Crippen molar-refractivity contribution in [3.8, 4) is 0 Å². The molecule has 0 fully saturated rings. The minimum Gasteiger partial charge on any atom is -0.481 e. The van der Waals surface area contributed by atoms with Crippen LogP contribution in [0.3, 0.4) is 0 Å². The van der Waals surface area contributed by atoms with Crippen molar-refractivity contribution in [2.75, 3.05) is 0 Å². The van der Waals surface area contributed by atoms with Crippen molar-refractivity contribution in [3.63, 3.8) is 0 Å². The number of hydrogen-bond acceptors (Lipinski definition) is 4. The lowest BCUT2D eigenvalue weighted by Gasteiger charge is -2.12. The highest BCUT2D eigenvalue weighted by Crippen LogP contribution is 1.95. The maximum atomic E-state index is 11.1. The van der Waals surface area contributed by atoms with Crippen LogP contribution in [0.1, 0.15) is 19.8 Å². The highest BCUT2D eigenvalue weighted by molar-refractivity contribution is 5.84. The lowest BCUT2D eigenvalue weighted by molar-refractivity contribution is -0.137. The van der Waals surface area contributed by atoms with E-state index < -0.39 is 24.0 Å². The summed E-state index contributed by atoms with van der Waals surface area (Å²) in [6.45, 7) is 1.45. The molecule has 2 atom stereocenters. The molecule has 1 amide bonds. The number of rotatable bonds is 6. The third-order valence-corrected chi connectivity index (χ3v) is 1.54. The second kappa shape index (κ2) is 6.09. The van der Waals surface area contributed by atoms with E-state index >= 15 is 0 Å². The summed E-state index contributed by atoms with van der Waals surface area (Å²) < 4.78 is 0. The molecule has 4 N–H and O–H groups in total. The molecule has 6 heteroatoms. The SMILES string of the molecule is C[C@H]([C]=O)NC(=O)[C@@H](N)CCC(=O)O. The minimum atomic E-state index is -1.01. The van der Waals surface area contributed by atoms with Gasteiger partial charge in [-0.15, -0.1) is 0 Å². The first-order chi connectivity index (χ1) is 6.47. The average molecular weight is 201 g/mol. The van der Waals surface area contributed by atoms with Gasteiger partial charge in [0.15, 0.2) is 0 Å². The minimum absolute atomic E-state index is 0.0484. The number of carboxylic acids is 1. The predicted octanol–water partition coefficient (Wildman–Crippen LogP) is -1.21. The van der Waals surface area contributed by atoms with Crippen molar-refractivity contribution < 1.29 is 19.5 Å². The van der Waals surface area contributed by atoms with Crippen LogP contribution in [0.15, 0.2) is 0 Å². The summed E-state index contributed by atoms with van der Waals surface area (Å²) in [5.41, 5.74) is 5.36. The first-order valence-corrected chi connectivity index (χ1v) is 4.12. The molecule has 0 saturated heterocycles. The molecule has 79 valence electrons. The lowest BCUT2D eigenvalue weighted by atomic mass is 10.1. The quantitative estimate of drug-likeness (QED) is 0.499. The molecule has 0 aliphatic heterocycles. The van der Waals surface area contributed by atoms with Gasteiger partial charge < -0.3 is 16.2 Å². The Morgan fingerprint density at radius 2 is 2.14 bits per heavy atom. The Morgan fingerprint density at radius 1 is 1.57 bits per heavy atom. The molecule has 0 spiro atoms. The number of amides is 1. The van der Waals surface area contributed by atoms with E-state index in [1.807, 2.05) is 0 Å². The molecule has 0 aliphatic carbocycles. The fourth-order valence-electron chi connectivity index (χ4n) is 0.760. The normalized spacial score (nSPS) is 14.1. The molecular weight excluding hydrogens is 188 g/mol. The summed E-state index contributed by atoms with van der Waals surface area (Å²) in [6.07, 6.45) is 1.44. The number of nitrogens with two attached hydrogens (primary N) is 1. The van der Waals surface area contributed by atoms with Gasteiger partial charge in [0.2, 0.25) is 12.2 Å². The molecule has 0 rings (SSSR count). The molecule has 0 aromatic rings. The third kappa shape index (κ3) is 5.26. The van der Waals surface area contributed by atoms with Crippen LogP contribution in [-0.4, -0.2) is 35.4 Å². The zero-order chi connectivity index (χ0) is 11.1. The Kier molecular flexibility index (Phi) is 5.47. The number of nitrogens with one attached hydrogen (secondary N) is 1. The third-order valence-electron chi connectivity index (χ3n) is 1.54. The molecule has 6 nitrogen and oxygen atoms in total. The maximum absolute atomic E-state index is 11.1. The molecule has 0 unspecified atom stereocenters. The van der Waals surface area contributed by atoms with Gasteiger partial charge in [0.25, 0.3) is 0 Å². The fraction of sp³-hybridized carbons (Fsp3) is 0.625. The standard InChI is InChI=1S/C8H13N2O4/c1-5(4-11)10-8(14)6(9)2-3-7(12)13/h5-6H,2-3,9H2,1H3,(H,10,14)(H,12,13)/t5-,6+/m1/s1. The molecule has 0 saturated carbocycles. The summed E-state index contributed by atoms with van der Waals surface area (Å²) in [5.74, 6) is -1.55. The maximum Gasteiger partial charge on any atom is 0.303 e. The second-order valence-corrected chi connectivity index (χ2v) is 2.89. The van der Waals surface area contributed by atoms with Gasteiger partial charge in [0.05, 0.1) is 12.1 Å². The van der Waals surface area contributed by atoms with E-state index in [-0.39, 0.29) is 12.8 Å². The monoisotopic (exact) mass is 201 g/mol. The van der Waals surface area contributed by atoms with E-state index in [9.17, 15) is 14.4 Å². The summed E-state index contributed by atoms with van der Waals surface area (Å²) in [5, 5.41) is 10.6. The van der Waals surface area contributed by atoms with Gasteiger partial charge in [-0.2, -0.15) is 0 Å². The van der Waals surface area contributed by atoms with Crippen molar-refractivity contribution in [1.29, 1.82) is 0 Å². The lowest BCUT2D eigenvalue weighted by Crippen LogP contribution is -2.45. The van der Waals surface area contributed by atoms with Gasteiger partial charge in [-0.05, 0) is 13.3 Å². The molecule has 1 radical (unpaired) electrons. The van der Waals surface area contributed by atoms with Crippen molar-refractivity contribution >= 4 is 18.2 Å². The Bertz CT molecular complexity index is 229. The van der Waals surface area contributed by atoms with Crippen LogP contribution in [0.25, 0.3) is 0 Å². The van der Waals surface area contributed by atoms with E-state index in [1.54, 1.807) is 6.29 Å². The zero-order valence-corrected chi connectivity index (χ0v) is 7.82. The highest BCUT2D eigenvalue weighted by atomic mass is 16.4. The van der Waals surface area contributed by atoms with Crippen LogP contribution in [0.2, 0.25) is 0 Å². The Morgan fingerprint density at radius 3 is 2.57 bits per heavy atom. The van der Waals surface area contributed by atoms with Crippen LogP contribution in [0.5, 0.6) is 0 Å². The van der Waals surface area contributed by atoms with Crippen molar-refractivity contribution in [2.24, 2.45) is 5.73 Å². The molecule has 0 heterocycles. The Labute approximate surface area is 81.5 Å². The van der Waals surface area contributed by atoms with E-state index in [1.165, 1.54) is 6.92 Å². The highest BCUT2D eigenvalue weighted by Gasteiger charge is 2.16. The van der Waals surface area contributed by atoms with Gasteiger partial charge >= 0.3 is 5.97 Å². The number of aliphatic carboxylic acids is 1. The second-order valence-electron chi connectivity index (χ2n) is 2.89. The topological polar surface area (TPSA) is 109 Å². The molecule has 0 aromatic carbocycles. The van der Waals surface area contributed by atoms with Crippen LogP contribution < -0.4 is 11.1 Å². The summed E-state index contributed by atoms with van der Waals surface area (Å²) in [4.78, 5) is 31.3. The van der Waals surface area contributed by atoms with Crippen molar-refractivity contribution in [1.82, 2.24) is 5.32 Å². The summed E-state index contributed by atoms with van der Waals surface area (Å²) in [6, 6.07) is -1.62. The Hall–Kier alpha value is -1.43. The molecule has 14 heavy (non-hydrogen) atoms. The molecule has 0 aliphatic rings. The van der Waals surface area contributed by atoms with Crippen LogP contribution >= 0.6 is 0 Å². The predicted molar refractivity (Wildman–Crippen MR) is 48.1 cm³/mol. The van der Waals surface area contributed by atoms with Crippen LogP contribution in [0, 0.1) is 0 Å². The van der Waals surface area contributed by atoms with Crippen molar-refractivity contribution in [2.45, 2.75) is 31.8 Å². The first-order valence-electron chi connectivity index (χ1n) is 4.12. The van der Waals surface area contributed by atoms with Gasteiger partial charge in [-0.25, -0.2) is 0 Å². The fourth-order valence-corrected chi connectivity index (χ4v) is 0.760. The van der Waals surface area contributed by atoms with Crippen LogP contribution in [0.4, 0.5) is 0 Å². The molecule has 0 aromatic heterocycles. The van der Waals surface area contributed by atoms with Crippen molar-refractivity contribution in [3.05, 3.63) is 0 Å². The van der Waals surface area contributed by atoms with E-state index in [4.69, 9.17) is 10.8 Å². The van der Waals surface area contributed by atoms with Crippen LogP contribution in [-0.2, 0) is 14.4 Å². The van der Waals surface area contributed by atoms with Gasteiger partial charge in [-0.3, -0.25) is 14.4 Å². The average Bonchev–Trinajstić information content (AvgIpc) is 2.13. The van der Waals surface area contributed by atoms with Gasteiger partial charge in [0, 0.05) is 6.42 Å². The summed E-state index contributed by atoms with van der Waals surface area (Å²) >= 11 is 0. The van der Waals surface area contributed by atoms with E-state index in [2.05, 4.69) is 5.32 Å². The number of carboxylic acid groups (broad SMARTS) is 1. The first kappa shape index (κ1) is 12.6. The molecule has 0 bridgehead atoms. The molecular formula is C8H13N2O4. The summed E-state index contributed by atoms with van der Waals surface area (Å²) in [7, 11) is 0. The van der Waals surface area contributed by atoms with Gasteiger partial charge in [-0.1, -0.05) is 0 Å². The zero-order valence-electron chi connectivity index (χ0n) is 7.82. The number of carbonyl (C=O) groups is 2. The van der Waals surface area contributed by atoms with Gasteiger partial charge in [0.1, 0.15) is 0 Å². The number of hydrogen-bond donors (Lipinski definition) is 3.